The lowest BCUT2D eigenvalue weighted by molar-refractivity contribution is -0.142. The molecular formula is C23H40O3. The van der Waals surface area contributed by atoms with E-state index in [1.807, 2.05) is 6.92 Å². The van der Waals surface area contributed by atoms with Gasteiger partial charge < -0.3 is 9.84 Å². The van der Waals surface area contributed by atoms with Gasteiger partial charge in [-0.25, -0.2) is 0 Å². The number of hydrogen-bond acceptors (Lipinski definition) is 2. The fourth-order valence-electron chi connectivity index (χ4n) is 4.89. The highest BCUT2D eigenvalue weighted by molar-refractivity contribution is 5.69. The molecule has 0 aromatic rings. The summed E-state index contributed by atoms with van der Waals surface area (Å²) in [4.78, 5) is 11.4. The summed E-state index contributed by atoms with van der Waals surface area (Å²) in [5, 5.41) is 9.41. The molecule has 4 unspecified atom stereocenters. The summed E-state index contributed by atoms with van der Waals surface area (Å²) >= 11 is 0. The normalized spacial score (nSPS) is 26.1. The van der Waals surface area contributed by atoms with Crippen molar-refractivity contribution in [3.05, 3.63) is 11.1 Å². The van der Waals surface area contributed by atoms with Gasteiger partial charge >= 0.3 is 5.97 Å². The molecule has 0 spiro atoms. The van der Waals surface area contributed by atoms with Crippen molar-refractivity contribution < 1.29 is 14.6 Å². The fourth-order valence-corrected chi connectivity index (χ4v) is 4.89. The minimum absolute atomic E-state index is 0.0153. The Labute approximate surface area is 160 Å². The largest absolute Gasteiger partial charge is 0.481 e. The number of carbonyl (C=O) groups is 1. The summed E-state index contributed by atoms with van der Waals surface area (Å²) in [6.45, 7) is 6.95. The van der Waals surface area contributed by atoms with E-state index >= 15 is 0 Å². The van der Waals surface area contributed by atoms with Crippen LogP contribution in [0.2, 0.25) is 0 Å². The average molecular weight is 365 g/mol. The van der Waals surface area contributed by atoms with E-state index in [1.54, 1.807) is 5.57 Å². The van der Waals surface area contributed by atoms with Gasteiger partial charge in [0.1, 0.15) is 0 Å². The molecule has 0 aliphatic heterocycles. The number of ether oxygens (including phenoxy) is 1. The summed E-state index contributed by atoms with van der Waals surface area (Å²) in [6.07, 6.45) is 14.5. The second-order valence-electron chi connectivity index (χ2n) is 8.63. The Balaban J connectivity index is 2.12. The lowest BCUT2D eigenvalue weighted by atomic mass is 9.84. The van der Waals surface area contributed by atoms with Gasteiger partial charge in [-0.1, -0.05) is 52.0 Å². The number of rotatable bonds is 13. The monoisotopic (exact) mass is 364 g/mol. The average Bonchev–Trinajstić information content (AvgIpc) is 3.25. The van der Waals surface area contributed by atoms with E-state index in [1.165, 1.54) is 63.4 Å². The van der Waals surface area contributed by atoms with Gasteiger partial charge in [0.05, 0.1) is 12.0 Å². The Morgan fingerprint density at radius 3 is 2.50 bits per heavy atom. The lowest BCUT2D eigenvalue weighted by Crippen LogP contribution is -2.25. The van der Waals surface area contributed by atoms with Crippen LogP contribution in [0.3, 0.4) is 0 Å². The highest BCUT2D eigenvalue weighted by Crippen LogP contribution is 2.50. The topological polar surface area (TPSA) is 46.5 Å². The second-order valence-corrected chi connectivity index (χ2v) is 8.63. The maximum absolute atomic E-state index is 11.4. The number of carboxylic acids is 1. The van der Waals surface area contributed by atoms with Gasteiger partial charge in [0.15, 0.2) is 0 Å². The molecule has 2 aliphatic carbocycles. The first-order chi connectivity index (χ1) is 12.6. The van der Waals surface area contributed by atoms with Gasteiger partial charge in [-0.05, 0) is 68.8 Å². The van der Waals surface area contributed by atoms with E-state index in [-0.39, 0.29) is 12.0 Å². The van der Waals surface area contributed by atoms with Gasteiger partial charge in [0.25, 0.3) is 0 Å². The molecule has 150 valence electrons. The Morgan fingerprint density at radius 2 is 1.92 bits per heavy atom. The molecule has 4 atom stereocenters. The molecule has 2 fully saturated rings. The van der Waals surface area contributed by atoms with Crippen LogP contribution < -0.4 is 0 Å². The molecule has 2 bridgehead atoms. The van der Waals surface area contributed by atoms with Gasteiger partial charge in [0.2, 0.25) is 0 Å². The van der Waals surface area contributed by atoms with Gasteiger partial charge in [-0.15, -0.1) is 0 Å². The first kappa shape index (κ1) is 21.5. The molecule has 0 radical (unpaired) electrons. The van der Waals surface area contributed by atoms with E-state index in [9.17, 15) is 9.90 Å². The minimum Gasteiger partial charge on any atom is -0.481 e. The summed E-state index contributed by atoms with van der Waals surface area (Å²) in [7, 11) is 0. The number of allylic oxidation sites excluding steroid dienone is 1. The third-order valence-corrected chi connectivity index (χ3v) is 6.41. The van der Waals surface area contributed by atoms with Crippen LogP contribution in [0, 0.1) is 17.8 Å². The van der Waals surface area contributed by atoms with Crippen molar-refractivity contribution in [1.29, 1.82) is 0 Å². The Hall–Kier alpha value is -0.830. The van der Waals surface area contributed by atoms with Crippen LogP contribution in [0.25, 0.3) is 0 Å². The number of unbranched alkanes of at least 4 members (excludes halogenated alkanes) is 4. The van der Waals surface area contributed by atoms with E-state index in [0.29, 0.717) is 6.42 Å². The fraction of sp³-hybridized carbons (Fsp3) is 0.870. The van der Waals surface area contributed by atoms with Crippen molar-refractivity contribution in [3.63, 3.8) is 0 Å². The molecule has 2 saturated carbocycles. The molecular weight excluding hydrogens is 324 g/mol. The van der Waals surface area contributed by atoms with Crippen LogP contribution in [0.15, 0.2) is 11.1 Å². The quantitative estimate of drug-likeness (QED) is 0.305. The molecule has 0 aromatic carbocycles. The minimum atomic E-state index is -0.699. The van der Waals surface area contributed by atoms with Gasteiger partial charge in [-0.3, -0.25) is 4.79 Å². The van der Waals surface area contributed by atoms with Crippen LogP contribution >= 0.6 is 0 Å². The van der Waals surface area contributed by atoms with Crippen molar-refractivity contribution in [2.24, 2.45) is 17.8 Å². The second kappa shape index (κ2) is 11.1. The molecule has 26 heavy (non-hydrogen) atoms. The molecule has 0 saturated heterocycles. The summed E-state index contributed by atoms with van der Waals surface area (Å²) in [6, 6.07) is 0. The van der Waals surface area contributed by atoms with Gasteiger partial charge in [-0.2, -0.15) is 0 Å². The molecule has 0 amide bonds. The standard InChI is InChI=1S/C23H40O3/c1-4-6-7-8-9-10-20(21-16-18-11-12-19(21)15-18)22(26-13-5-2)14-17(3)23(24)25/h17-19,22H,4-16H2,1-3H3,(H,24,25). The van der Waals surface area contributed by atoms with E-state index in [4.69, 9.17) is 4.74 Å². The lowest BCUT2D eigenvalue weighted by Gasteiger charge is -2.28. The maximum Gasteiger partial charge on any atom is 0.306 e. The summed E-state index contributed by atoms with van der Waals surface area (Å²) in [5.41, 5.74) is 3.16. The molecule has 1 N–H and O–H groups in total. The molecule has 3 heteroatoms. The zero-order chi connectivity index (χ0) is 18.9. The third kappa shape index (κ3) is 6.11. The SMILES string of the molecule is CCCCCCCC(=C1CC2CCC1C2)C(CC(C)C(=O)O)OCCC. The summed E-state index contributed by atoms with van der Waals surface area (Å²) < 4.78 is 6.25. The zero-order valence-electron chi connectivity index (χ0n) is 17.3. The van der Waals surface area contributed by atoms with Crippen molar-refractivity contribution in [1.82, 2.24) is 0 Å². The predicted octanol–water partition coefficient (Wildman–Crippen LogP) is 6.37. The van der Waals surface area contributed by atoms with E-state index in [2.05, 4.69) is 13.8 Å². The van der Waals surface area contributed by atoms with Crippen molar-refractivity contribution >= 4 is 5.97 Å². The Bertz CT molecular complexity index is 468. The molecule has 0 heterocycles. The van der Waals surface area contributed by atoms with Gasteiger partial charge in [0, 0.05) is 6.61 Å². The van der Waals surface area contributed by atoms with E-state index in [0.717, 1.165) is 31.3 Å². The van der Waals surface area contributed by atoms with Crippen molar-refractivity contribution in [2.75, 3.05) is 6.61 Å². The molecule has 2 rings (SSSR count). The zero-order valence-corrected chi connectivity index (χ0v) is 17.3. The van der Waals surface area contributed by atoms with E-state index < -0.39 is 5.97 Å². The highest BCUT2D eigenvalue weighted by atomic mass is 16.5. The molecule has 2 aliphatic rings. The number of carboxylic acid groups (broad SMARTS) is 1. The van der Waals surface area contributed by atoms with Crippen molar-refractivity contribution in [2.45, 2.75) is 104 Å². The first-order valence-electron chi connectivity index (χ1n) is 11.1. The van der Waals surface area contributed by atoms with Crippen LogP contribution in [-0.2, 0) is 9.53 Å². The highest BCUT2D eigenvalue weighted by Gasteiger charge is 2.38. The van der Waals surface area contributed by atoms with Crippen LogP contribution in [0.5, 0.6) is 0 Å². The van der Waals surface area contributed by atoms with Crippen LogP contribution in [-0.4, -0.2) is 23.8 Å². The molecule has 0 aromatic heterocycles. The number of aliphatic carboxylic acids is 1. The number of hydrogen-bond donors (Lipinski definition) is 1. The van der Waals surface area contributed by atoms with Crippen LogP contribution in [0.4, 0.5) is 0 Å². The Kier molecular flexibility index (Phi) is 9.18. The third-order valence-electron chi connectivity index (χ3n) is 6.41. The maximum atomic E-state index is 11.4. The first-order valence-corrected chi connectivity index (χ1v) is 11.1. The smallest absolute Gasteiger partial charge is 0.306 e. The molecule has 3 nitrogen and oxygen atoms in total. The van der Waals surface area contributed by atoms with Crippen LogP contribution in [0.1, 0.15) is 97.8 Å². The summed E-state index contributed by atoms with van der Waals surface area (Å²) in [5.74, 6) is 0.605. The predicted molar refractivity (Wildman–Crippen MR) is 107 cm³/mol. The Morgan fingerprint density at radius 1 is 1.15 bits per heavy atom. The number of fused-ring (bicyclic) bond motifs is 2. The van der Waals surface area contributed by atoms with Crippen molar-refractivity contribution in [3.8, 4) is 0 Å².